The Morgan fingerprint density at radius 1 is 1.54 bits per heavy atom. The van der Waals surface area contributed by atoms with Gasteiger partial charge in [0.05, 0.1) is 17.3 Å². The summed E-state index contributed by atoms with van der Waals surface area (Å²) in [4.78, 5) is 11.0. The van der Waals surface area contributed by atoms with Crippen molar-refractivity contribution in [1.82, 2.24) is 10.2 Å². The van der Waals surface area contributed by atoms with E-state index in [1.807, 2.05) is 6.07 Å². The molecule has 2 rings (SSSR count). The second-order valence-electron chi connectivity index (χ2n) is 2.65. The summed E-state index contributed by atoms with van der Waals surface area (Å²) < 4.78 is 0.815. The Balaban J connectivity index is 2.84. The second kappa shape index (κ2) is 2.85. The summed E-state index contributed by atoms with van der Waals surface area (Å²) in [6, 6.07) is 3.54. The van der Waals surface area contributed by atoms with Gasteiger partial charge in [0, 0.05) is 9.86 Å². The first-order valence-electron chi connectivity index (χ1n) is 3.61. The molecular weight excluding hydrogens is 234 g/mol. The Hall–Kier alpha value is -1.36. The summed E-state index contributed by atoms with van der Waals surface area (Å²) in [5.41, 5.74) is 6.32. The maximum atomic E-state index is 11.0. The number of nitrogens with zero attached hydrogens (tertiary/aromatic N) is 1. The van der Waals surface area contributed by atoms with Crippen LogP contribution in [0.5, 0.6) is 0 Å². The minimum Gasteiger partial charge on any atom is -0.366 e. The number of hydrogen-bond donors (Lipinski definition) is 2. The number of nitrogens with one attached hydrogen (secondary N) is 1. The predicted octanol–water partition coefficient (Wildman–Crippen LogP) is 1.42. The van der Waals surface area contributed by atoms with E-state index >= 15 is 0 Å². The number of halogens is 1. The highest BCUT2D eigenvalue weighted by Crippen LogP contribution is 2.21. The first-order chi connectivity index (χ1) is 6.18. The number of rotatable bonds is 1. The van der Waals surface area contributed by atoms with Gasteiger partial charge in [0.1, 0.15) is 0 Å². The van der Waals surface area contributed by atoms with Crippen LogP contribution >= 0.6 is 15.9 Å². The van der Waals surface area contributed by atoms with Crippen LogP contribution in [0.2, 0.25) is 0 Å². The van der Waals surface area contributed by atoms with Crippen LogP contribution < -0.4 is 5.73 Å². The number of carbonyl (C=O) groups excluding carboxylic acids is 1. The fourth-order valence-corrected chi connectivity index (χ4v) is 1.69. The maximum absolute atomic E-state index is 11.0. The monoisotopic (exact) mass is 239 g/mol. The summed E-state index contributed by atoms with van der Waals surface area (Å²) in [6.07, 6.45) is 1.65. The zero-order chi connectivity index (χ0) is 9.42. The number of primary amides is 1. The van der Waals surface area contributed by atoms with Gasteiger partial charge in [0.2, 0.25) is 0 Å². The molecule has 0 bridgehead atoms. The molecule has 5 heteroatoms. The van der Waals surface area contributed by atoms with Crippen LogP contribution in [0.25, 0.3) is 10.9 Å². The minimum atomic E-state index is -0.462. The smallest absolute Gasteiger partial charge is 0.250 e. The lowest BCUT2D eigenvalue weighted by atomic mass is 10.1. The SMILES string of the molecule is NC(=O)c1cc(Br)cc2cn[nH]c12. The molecule has 0 spiro atoms. The van der Waals surface area contributed by atoms with E-state index in [2.05, 4.69) is 26.1 Å². The first-order valence-corrected chi connectivity index (χ1v) is 4.40. The Morgan fingerprint density at radius 3 is 3.00 bits per heavy atom. The third-order valence-electron chi connectivity index (χ3n) is 1.78. The fraction of sp³-hybridized carbons (Fsp3) is 0. The van der Waals surface area contributed by atoms with Crippen LogP contribution in [0.15, 0.2) is 22.8 Å². The van der Waals surface area contributed by atoms with Gasteiger partial charge in [-0.15, -0.1) is 0 Å². The quantitative estimate of drug-likeness (QED) is 0.791. The maximum Gasteiger partial charge on any atom is 0.250 e. The Morgan fingerprint density at radius 2 is 2.31 bits per heavy atom. The Kier molecular flexibility index (Phi) is 1.81. The van der Waals surface area contributed by atoms with Crippen LogP contribution in [-0.4, -0.2) is 16.1 Å². The molecule has 66 valence electrons. The summed E-state index contributed by atoms with van der Waals surface area (Å²) in [7, 11) is 0. The van der Waals surface area contributed by atoms with Crippen molar-refractivity contribution in [3.63, 3.8) is 0 Å². The van der Waals surface area contributed by atoms with Crippen molar-refractivity contribution < 1.29 is 4.79 Å². The first kappa shape index (κ1) is 8.25. The molecule has 1 aromatic heterocycles. The van der Waals surface area contributed by atoms with Crippen molar-refractivity contribution in [3.8, 4) is 0 Å². The number of amides is 1. The van der Waals surface area contributed by atoms with Crippen LogP contribution in [0.3, 0.4) is 0 Å². The normalized spacial score (nSPS) is 10.5. The van der Waals surface area contributed by atoms with Crippen molar-refractivity contribution in [2.45, 2.75) is 0 Å². The van der Waals surface area contributed by atoms with E-state index in [0.29, 0.717) is 11.1 Å². The summed E-state index contributed by atoms with van der Waals surface area (Å²) in [5, 5.41) is 7.42. The van der Waals surface area contributed by atoms with E-state index in [1.165, 1.54) is 0 Å². The van der Waals surface area contributed by atoms with Gasteiger partial charge in [-0.05, 0) is 12.1 Å². The number of aromatic nitrogens is 2. The molecule has 4 nitrogen and oxygen atoms in total. The topological polar surface area (TPSA) is 71.8 Å². The average Bonchev–Trinajstić information content (AvgIpc) is 2.49. The minimum absolute atomic E-state index is 0.446. The molecule has 0 radical (unpaired) electrons. The van der Waals surface area contributed by atoms with E-state index in [1.54, 1.807) is 12.3 Å². The third kappa shape index (κ3) is 1.31. The van der Waals surface area contributed by atoms with Gasteiger partial charge in [-0.3, -0.25) is 9.89 Å². The van der Waals surface area contributed by atoms with Crippen molar-refractivity contribution in [2.75, 3.05) is 0 Å². The van der Waals surface area contributed by atoms with E-state index < -0.39 is 5.91 Å². The van der Waals surface area contributed by atoms with E-state index in [-0.39, 0.29) is 0 Å². The standard InChI is InChI=1S/C8H6BrN3O/c9-5-1-4-3-11-12-7(4)6(2-5)8(10)13/h1-3H,(H2,10,13)(H,11,12). The van der Waals surface area contributed by atoms with Gasteiger partial charge < -0.3 is 5.73 Å². The highest BCUT2D eigenvalue weighted by atomic mass is 79.9. The predicted molar refractivity (Wildman–Crippen MR) is 52.3 cm³/mol. The van der Waals surface area contributed by atoms with Crippen molar-refractivity contribution in [1.29, 1.82) is 0 Å². The van der Waals surface area contributed by atoms with Gasteiger partial charge >= 0.3 is 0 Å². The molecule has 2 aromatic rings. The molecule has 0 unspecified atom stereocenters. The zero-order valence-electron chi connectivity index (χ0n) is 6.54. The van der Waals surface area contributed by atoms with Crippen molar-refractivity contribution >= 4 is 32.7 Å². The summed E-state index contributed by atoms with van der Waals surface area (Å²) in [5.74, 6) is -0.462. The molecule has 1 heterocycles. The van der Waals surface area contributed by atoms with Crippen LogP contribution in [-0.2, 0) is 0 Å². The van der Waals surface area contributed by atoms with E-state index in [0.717, 1.165) is 9.86 Å². The van der Waals surface area contributed by atoms with Gasteiger partial charge in [-0.1, -0.05) is 15.9 Å². The number of benzene rings is 1. The molecule has 0 fully saturated rings. The average molecular weight is 240 g/mol. The van der Waals surface area contributed by atoms with Crippen LogP contribution in [0.4, 0.5) is 0 Å². The number of fused-ring (bicyclic) bond motifs is 1. The molecule has 1 amide bonds. The lowest BCUT2D eigenvalue weighted by molar-refractivity contribution is 0.100. The third-order valence-corrected chi connectivity index (χ3v) is 2.24. The number of nitrogens with two attached hydrogens (primary N) is 1. The number of hydrogen-bond acceptors (Lipinski definition) is 2. The highest BCUT2D eigenvalue weighted by molar-refractivity contribution is 9.10. The van der Waals surface area contributed by atoms with Gasteiger partial charge in [0.15, 0.2) is 0 Å². The molecule has 0 saturated carbocycles. The molecule has 3 N–H and O–H groups in total. The van der Waals surface area contributed by atoms with E-state index in [9.17, 15) is 4.79 Å². The molecule has 1 aromatic carbocycles. The van der Waals surface area contributed by atoms with Gasteiger partial charge in [-0.2, -0.15) is 5.10 Å². The molecular formula is C8H6BrN3O. The number of aromatic amines is 1. The number of H-pyrrole nitrogens is 1. The van der Waals surface area contributed by atoms with E-state index in [4.69, 9.17) is 5.73 Å². The molecule has 0 saturated heterocycles. The molecule has 0 aliphatic carbocycles. The Labute approximate surface area is 82.2 Å². The highest BCUT2D eigenvalue weighted by Gasteiger charge is 2.08. The largest absolute Gasteiger partial charge is 0.366 e. The van der Waals surface area contributed by atoms with Crippen LogP contribution in [0, 0.1) is 0 Å². The number of carbonyl (C=O) groups is 1. The molecule has 0 aliphatic heterocycles. The fourth-order valence-electron chi connectivity index (χ4n) is 1.22. The van der Waals surface area contributed by atoms with Gasteiger partial charge in [0.25, 0.3) is 5.91 Å². The van der Waals surface area contributed by atoms with Gasteiger partial charge in [-0.25, -0.2) is 0 Å². The zero-order valence-corrected chi connectivity index (χ0v) is 8.13. The molecule has 13 heavy (non-hydrogen) atoms. The lowest BCUT2D eigenvalue weighted by Crippen LogP contribution is -2.11. The van der Waals surface area contributed by atoms with Crippen molar-refractivity contribution in [3.05, 3.63) is 28.4 Å². The second-order valence-corrected chi connectivity index (χ2v) is 3.57. The molecule has 0 aliphatic rings. The summed E-state index contributed by atoms with van der Waals surface area (Å²) in [6.45, 7) is 0. The van der Waals surface area contributed by atoms with Crippen molar-refractivity contribution in [2.24, 2.45) is 5.73 Å². The van der Waals surface area contributed by atoms with Crippen LogP contribution in [0.1, 0.15) is 10.4 Å². The molecule has 0 atom stereocenters. The summed E-state index contributed by atoms with van der Waals surface area (Å²) >= 11 is 3.29. The lowest BCUT2D eigenvalue weighted by Gasteiger charge is -1.98. The Bertz CT molecular complexity index is 477.